The van der Waals surface area contributed by atoms with Crippen LogP contribution < -0.4 is 5.73 Å². The van der Waals surface area contributed by atoms with Crippen LogP contribution in [0.5, 0.6) is 0 Å². The van der Waals surface area contributed by atoms with Crippen molar-refractivity contribution >= 4 is 5.91 Å². The number of hydrogen-bond donors (Lipinski definition) is 1. The van der Waals surface area contributed by atoms with Gasteiger partial charge in [0.15, 0.2) is 0 Å². The average Bonchev–Trinajstić information content (AvgIpc) is 2.48. The normalized spacial score (nSPS) is 18.0. The lowest BCUT2D eigenvalue weighted by molar-refractivity contribution is -0.142. The van der Waals surface area contributed by atoms with Crippen LogP contribution in [0.3, 0.4) is 0 Å². The SMILES string of the molecule is CN(Cc1ccncc1)C(=O)C1(CN)CCCCC1. The summed E-state index contributed by atoms with van der Waals surface area (Å²) in [6.07, 6.45) is 8.84. The van der Waals surface area contributed by atoms with Crippen LogP contribution in [0, 0.1) is 5.41 Å². The van der Waals surface area contributed by atoms with Crippen LogP contribution in [0.15, 0.2) is 24.5 Å². The Balaban J connectivity index is 2.05. The number of amides is 1. The van der Waals surface area contributed by atoms with E-state index in [1.807, 2.05) is 24.1 Å². The lowest BCUT2D eigenvalue weighted by Gasteiger charge is -2.37. The molecule has 0 bridgehead atoms. The van der Waals surface area contributed by atoms with Crippen LogP contribution in [0.2, 0.25) is 0 Å². The minimum absolute atomic E-state index is 0.200. The van der Waals surface area contributed by atoms with E-state index in [0.717, 1.165) is 31.2 Å². The van der Waals surface area contributed by atoms with Crippen molar-refractivity contribution in [3.05, 3.63) is 30.1 Å². The van der Waals surface area contributed by atoms with Crippen LogP contribution >= 0.6 is 0 Å². The molecule has 1 aromatic rings. The summed E-state index contributed by atoms with van der Waals surface area (Å²) in [5.41, 5.74) is 6.70. The van der Waals surface area contributed by atoms with Gasteiger partial charge in [-0.05, 0) is 30.5 Å². The molecular formula is C15H23N3O. The van der Waals surface area contributed by atoms with Gasteiger partial charge in [-0.3, -0.25) is 9.78 Å². The first-order valence-electron chi connectivity index (χ1n) is 7.02. The fraction of sp³-hybridized carbons (Fsp3) is 0.600. The molecule has 2 rings (SSSR count). The van der Waals surface area contributed by atoms with Gasteiger partial charge in [-0.1, -0.05) is 19.3 Å². The number of rotatable bonds is 4. The summed E-state index contributed by atoms with van der Waals surface area (Å²) in [6.45, 7) is 1.09. The third-order valence-electron chi connectivity index (χ3n) is 4.17. The molecule has 0 radical (unpaired) electrons. The highest BCUT2D eigenvalue weighted by Gasteiger charge is 2.39. The first-order chi connectivity index (χ1) is 9.18. The van der Waals surface area contributed by atoms with Crippen molar-refractivity contribution in [1.29, 1.82) is 0 Å². The Morgan fingerprint density at radius 1 is 1.32 bits per heavy atom. The Morgan fingerprint density at radius 3 is 2.53 bits per heavy atom. The molecule has 1 fully saturated rings. The minimum Gasteiger partial charge on any atom is -0.341 e. The summed E-state index contributed by atoms with van der Waals surface area (Å²) in [4.78, 5) is 18.5. The Bertz CT molecular complexity index is 413. The van der Waals surface area contributed by atoms with Crippen LogP contribution in [0.1, 0.15) is 37.7 Å². The lowest BCUT2D eigenvalue weighted by Crippen LogP contribution is -2.47. The molecule has 2 N–H and O–H groups in total. The largest absolute Gasteiger partial charge is 0.341 e. The van der Waals surface area contributed by atoms with Crippen LogP contribution in [0.4, 0.5) is 0 Å². The van der Waals surface area contributed by atoms with Gasteiger partial charge < -0.3 is 10.6 Å². The first-order valence-corrected chi connectivity index (χ1v) is 7.02. The summed E-state index contributed by atoms with van der Waals surface area (Å²) in [6, 6.07) is 3.89. The van der Waals surface area contributed by atoms with E-state index in [-0.39, 0.29) is 11.3 Å². The topological polar surface area (TPSA) is 59.2 Å². The first kappa shape index (κ1) is 14.0. The van der Waals surface area contributed by atoms with Crippen LogP contribution in [0.25, 0.3) is 0 Å². The predicted octanol–water partition coefficient (Wildman–Crippen LogP) is 1.95. The van der Waals surface area contributed by atoms with Crippen molar-refractivity contribution in [2.75, 3.05) is 13.6 Å². The van der Waals surface area contributed by atoms with E-state index < -0.39 is 0 Å². The smallest absolute Gasteiger partial charge is 0.230 e. The van der Waals surface area contributed by atoms with E-state index >= 15 is 0 Å². The Kier molecular flexibility index (Phi) is 4.53. The molecule has 0 aromatic carbocycles. The maximum atomic E-state index is 12.7. The van der Waals surface area contributed by atoms with Crippen molar-refractivity contribution in [2.24, 2.45) is 11.1 Å². The van der Waals surface area contributed by atoms with Crippen molar-refractivity contribution < 1.29 is 4.79 Å². The number of carbonyl (C=O) groups is 1. The zero-order valence-corrected chi connectivity index (χ0v) is 11.6. The van der Waals surface area contributed by atoms with Gasteiger partial charge in [0.2, 0.25) is 5.91 Å². The molecule has 1 aliphatic carbocycles. The molecule has 1 heterocycles. The van der Waals surface area contributed by atoms with Gasteiger partial charge in [-0.2, -0.15) is 0 Å². The molecule has 1 aliphatic rings. The number of nitrogens with two attached hydrogens (primary N) is 1. The summed E-state index contributed by atoms with van der Waals surface area (Å²) < 4.78 is 0. The number of carbonyl (C=O) groups excluding carboxylic acids is 1. The number of nitrogens with zero attached hydrogens (tertiary/aromatic N) is 2. The number of pyridine rings is 1. The van der Waals surface area contributed by atoms with Gasteiger partial charge in [0.05, 0.1) is 5.41 Å². The van der Waals surface area contributed by atoms with Gasteiger partial charge in [0, 0.05) is 32.5 Å². The maximum absolute atomic E-state index is 12.7. The van der Waals surface area contributed by atoms with Gasteiger partial charge >= 0.3 is 0 Å². The molecule has 0 atom stereocenters. The molecule has 19 heavy (non-hydrogen) atoms. The maximum Gasteiger partial charge on any atom is 0.230 e. The van der Waals surface area contributed by atoms with Gasteiger partial charge in [0.25, 0.3) is 0 Å². The van der Waals surface area contributed by atoms with Crippen molar-refractivity contribution in [2.45, 2.75) is 38.6 Å². The van der Waals surface area contributed by atoms with Crippen molar-refractivity contribution in [3.8, 4) is 0 Å². The molecule has 0 spiro atoms. The number of hydrogen-bond acceptors (Lipinski definition) is 3. The predicted molar refractivity (Wildman–Crippen MR) is 75.3 cm³/mol. The molecule has 4 heteroatoms. The molecule has 1 saturated carbocycles. The Hall–Kier alpha value is -1.42. The highest BCUT2D eigenvalue weighted by molar-refractivity contribution is 5.82. The van der Waals surface area contributed by atoms with Gasteiger partial charge in [0.1, 0.15) is 0 Å². The van der Waals surface area contributed by atoms with E-state index in [4.69, 9.17) is 5.73 Å². The molecule has 0 aliphatic heterocycles. The zero-order chi connectivity index (χ0) is 13.7. The van der Waals surface area contributed by atoms with E-state index in [1.165, 1.54) is 6.42 Å². The second kappa shape index (κ2) is 6.15. The summed E-state index contributed by atoms with van der Waals surface area (Å²) >= 11 is 0. The zero-order valence-electron chi connectivity index (χ0n) is 11.6. The van der Waals surface area contributed by atoms with Crippen molar-refractivity contribution in [3.63, 3.8) is 0 Å². The molecule has 4 nitrogen and oxygen atoms in total. The highest BCUT2D eigenvalue weighted by atomic mass is 16.2. The fourth-order valence-electron chi connectivity index (χ4n) is 2.97. The monoisotopic (exact) mass is 261 g/mol. The van der Waals surface area contributed by atoms with E-state index in [0.29, 0.717) is 13.1 Å². The summed E-state index contributed by atoms with van der Waals surface area (Å²) in [5.74, 6) is 0.200. The van der Waals surface area contributed by atoms with Crippen molar-refractivity contribution in [1.82, 2.24) is 9.88 Å². The molecule has 0 unspecified atom stereocenters. The Labute approximate surface area is 115 Å². The van der Waals surface area contributed by atoms with E-state index in [9.17, 15) is 4.79 Å². The minimum atomic E-state index is -0.319. The quantitative estimate of drug-likeness (QED) is 0.901. The van der Waals surface area contributed by atoms with E-state index in [2.05, 4.69) is 4.98 Å². The Morgan fingerprint density at radius 2 is 1.95 bits per heavy atom. The molecular weight excluding hydrogens is 238 g/mol. The van der Waals surface area contributed by atoms with Gasteiger partial charge in [-0.25, -0.2) is 0 Å². The van der Waals surface area contributed by atoms with Crippen LogP contribution in [-0.2, 0) is 11.3 Å². The molecule has 0 saturated heterocycles. The summed E-state index contributed by atoms with van der Waals surface area (Å²) in [7, 11) is 1.87. The highest BCUT2D eigenvalue weighted by Crippen LogP contribution is 2.37. The second-order valence-corrected chi connectivity index (χ2v) is 5.56. The third-order valence-corrected chi connectivity index (χ3v) is 4.17. The average molecular weight is 261 g/mol. The summed E-state index contributed by atoms with van der Waals surface area (Å²) in [5, 5.41) is 0. The standard InChI is InChI=1S/C15H23N3O/c1-18(11-13-5-9-17-10-6-13)14(19)15(12-16)7-3-2-4-8-15/h5-6,9-10H,2-4,7-8,11-12,16H2,1H3. The molecule has 1 aromatic heterocycles. The van der Waals surface area contributed by atoms with E-state index in [1.54, 1.807) is 12.4 Å². The fourth-order valence-corrected chi connectivity index (χ4v) is 2.97. The van der Waals surface area contributed by atoms with Crippen LogP contribution in [-0.4, -0.2) is 29.4 Å². The lowest BCUT2D eigenvalue weighted by atomic mass is 9.73. The third kappa shape index (κ3) is 3.13. The van der Waals surface area contributed by atoms with Gasteiger partial charge in [-0.15, -0.1) is 0 Å². The molecule has 1 amide bonds. The number of aromatic nitrogens is 1. The molecule has 104 valence electrons. The second-order valence-electron chi connectivity index (χ2n) is 5.56.